The van der Waals surface area contributed by atoms with Crippen LogP contribution in [0.5, 0.6) is 0 Å². The molecule has 0 atom stereocenters. The Kier molecular flexibility index (Phi) is 3.38. The van der Waals surface area contributed by atoms with E-state index < -0.39 is 11.9 Å². The minimum atomic E-state index is -4.43. The van der Waals surface area contributed by atoms with E-state index in [1.165, 1.54) is 0 Å². The number of hydrogen-bond acceptors (Lipinski definition) is 3. The summed E-state index contributed by atoms with van der Waals surface area (Å²) in [4.78, 5) is 0. The standard InChI is InChI=1S/C8H10F3N3/c1-2-3-4-6-5-12-14-13-7(6)8(9,10)11/h5H,2-4H2,1H3. The van der Waals surface area contributed by atoms with E-state index in [0.29, 0.717) is 12.8 Å². The zero-order valence-corrected chi connectivity index (χ0v) is 7.67. The van der Waals surface area contributed by atoms with Crippen molar-refractivity contribution in [3.63, 3.8) is 0 Å². The van der Waals surface area contributed by atoms with Crippen molar-refractivity contribution >= 4 is 0 Å². The summed E-state index contributed by atoms with van der Waals surface area (Å²) in [5.41, 5.74) is -0.796. The fraction of sp³-hybridized carbons (Fsp3) is 0.625. The van der Waals surface area contributed by atoms with Crippen LogP contribution < -0.4 is 0 Å². The highest BCUT2D eigenvalue weighted by atomic mass is 19.4. The lowest BCUT2D eigenvalue weighted by Crippen LogP contribution is -2.13. The van der Waals surface area contributed by atoms with Crippen LogP contribution >= 0.6 is 0 Å². The maximum atomic E-state index is 12.3. The molecule has 0 amide bonds. The Labute approximate surface area is 79.3 Å². The number of aromatic nitrogens is 3. The number of rotatable bonds is 3. The summed E-state index contributed by atoms with van der Waals surface area (Å²) in [6.07, 6.45) is -1.44. The largest absolute Gasteiger partial charge is 0.435 e. The topological polar surface area (TPSA) is 38.7 Å². The maximum Gasteiger partial charge on any atom is 0.435 e. The summed E-state index contributed by atoms with van der Waals surface area (Å²) >= 11 is 0. The van der Waals surface area contributed by atoms with Crippen molar-refractivity contribution in [2.45, 2.75) is 32.4 Å². The van der Waals surface area contributed by atoms with E-state index in [1.807, 2.05) is 6.92 Å². The van der Waals surface area contributed by atoms with Crippen molar-refractivity contribution in [2.24, 2.45) is 0 Å². The number of alkyl halides is 3. The molecule has 0 spiro atoms. The highest BCUT2D eigenvalue weighted by Crippen LogP contribution is 2.29. The van der Waals surface area contributed by atoms with E-state index in [-0.39, 0.29) is 5.56 Å². The first kappa shape index (κ1) is 10.9. The van der Waals surface area contributed by atoms with Gasteiger partial charge in [-0.05, 0) is 18.1 Å². The molecule has 0 unspecified atom stereocenters. The summed E-state index contributed by atoms with van der Waals surface area (Å²) in [5, 5.41) is 9.37. The van der Waals surface area contributed by atoms with Crippen molar-refractivity contribution in [1.82, 2.24) is 15.4 Å². The molecule has 1 rings (SSSR count). The Hall–Kier alpha value is -1.20. The average molecular weight is 205 g/mol. The summed E-state index contributed by atoms with van der Waals surface area (Å²) in [7, 11) is 0. The van der Waals surface area contributed by atoms with Crippen LogP contribution in [0, 0.1) is 0 Å². The van der Waals surface area contributed by atoms with Gasteiger partial charge in [-0.3, -0.25) is 0 Å². The molecule has 0 bridgehead atoms. The minimum Gasteiger partial charge on any atom is -0.164 e. The third-order valence-electron chi connectivity index (χ3n) is 1.78. The van der Waals surface area contributed by atoms with Gasteiger partial charge in [0.2, 0.25) is 0 Å². The third kappa shape index (κ3) is 2.65. The number of aryl methyl sites for hydroxylation is 1. The van der Waals surface area contributed by atoms with Gasteiger partial charge in [0.25, 0.3) is 0 Å². The van der Waals surface area contributed by atoms with Crippen LogP contribution in [0.2, 0.25) is 0 Å². The second-order valence-electron chi connectivity index (χ2n) is 2.91. The lowest BCUT2D eigenvalue weighted by molar-refractivity contribution is -0.142. The van der Waals surface area contributed by atoms with E-state index in [2.05, 4.69) is 15.4 Å². The highest BCUT2D eigenvalue weighted by Gasteiger charge is 2.35. The minimum absolute atomic E-state index is 0.120. The predicted molar refractivity (Wildman–Crippen MR) is 43.4 cm³/mol. The Balaban J connectivity index is 2.92. The Bertz CT molecular complexity index is 298. The van der Waals surface area contributed by atoms with Crippen LogP contribution in [-0.4, -0.2) is 15.4 Å². The van der Waals surface area contributed by atoms with E-state index in [9.17, 15) is 13.2 Å². The predicted octanol–water partition coefficient (Wildman–Crippen LogP) is 2.23. The zero-order chi connectivity index (χ0) is 10.6. The molecule has 0 fully saturated rings. The molecule has 0 N–H and O–H groups in total. The van der Waals surface area contributed by atoms with Crippen LogP contribution in [0.15, 0.2) is 6.20 Å². The van der Waals surface area contributed by atoms with E-state index >= 15 is 0 Å². The Morgan fingerprint density at radius 3 is 2.64 bits per heavy atom. The molecule has 0 saturated heterocycles. The zero-order valence-electron chi connectivity index (χ0n) is 7.67. The van der Waals surface area contributed by atoms with Crippen molar-refractivity contribution < 1.29 is 13.2 Å². The molecule has 78 valence electrons. The quantitative estimate of drug-likeness (QED) is 0.759. The molecule has 0 radical (unpaired) electrons. The molecular formula is C8H10F3N3. The van der Waals surface area contributed by atoms with E-state index in [4.69, 9.17) is 0 Å². The first-order valence-electron chi connectivity index (χ1n) is 4.30. The van der Waals surface area contributed by atoms with Crippen molar-refractivity contribution in [2.75, 3.05) is 0 Å². The second kappa shape index (κ2) is 4.34. The molecule has 1 aromatic rings. The fourth-order valence-electron chi connectivity index (χ4n) is 1.08. The van der Waals surface area contributed by atoms with Crippen LogP contribution in [0.25, 0.3) is 0 Å². The Morgan fingerprint density at radius 2 is 2.07 bits per heavy atom. The lowest BCUT2D eigenvalue weighted by Gasteiger charge is -2.08. The van der Waals surface area contributed by atoms with Gasteiger partial charge in [0.05, 0.1) is 6.20 Å². The van der Waals surface area contributed by atoms with Crippen LogP contribution in [0.3, 0.4) is 0 Å². The average Bonchev–Trinajstić information content (AvgIpc) is 2.14. The van der Waals surface area contributed by atoms with Gasteiger partial charge in [-0.25, -0.2) is 0 Å². The number of halogens is 3. The highest BCUT2D eigenvalue weighted by molar-refractivity contribution is 5.17. The molecule has 6 heteroatoms. The number of hydrogen-bond donors (Lipinski definition) is 0. The summed E-state index contributed by atoms with van der Waals surface area (Å²) in [5.74, 6) is 0. The van der Waals surface area contributed by atoms with Crippen LogP contribution in [0.4, 0.5) is 13.2 Å². The van der Waals surface area contributed by atoms with E-state index in [1.54, 1.807) is 0 Å². The number of nitrogens with zero attached hydrogens (tertiary/aromatic N) is 3. The monoisotopic (exact) mass is 205 g/mol. The molecule has 0 aromatic carbocycles. The molecule has 0 aliphatic carbocycles. The summed E-state index contributed by atoms with van der Waals surface area (Å²) < 4.78 is 37.0. The second-order valence-corrected chi connectivity index (χ2v) is 2.91. The molecular weight excluding hydrogens is 195 g/mol. The molecule has 14 heavy (non-hydrogen) atoms. The van der Waals surface area contributed by atoms with Crippen LogP contribution in [-0.2, 0) is 12.6 Å². The smallest absolute Gasteiger partial charge is 0.164 e. The van der Waals surface area contributed by atoms with Gasteiger partial charge in [-0.2, -0.15) is 13.2 Å². The van der Waals surface area contributed by atoms with Gasteiger partial charge in [-0.15, -0.1) is 10.2 Å². The maximum absolute atomic E-state index is 12.3. The molecule has 0 saturated carbocycles. The fourth-order valence-corrected chi connectivity index (χ4v) is 1.08. The Morgan fingerprint density at radius 1 is 1.36 bits per heavy atom. The van der Waals surface area contributed by atoms with E-state index in [0.717, 1.165) is 12.6 Å². The van der Waals surface area contributed by atoms with Crippen LogP contribution in [0.1, 0.15) is 31.0 Å². The van der Waals surface area contributed by atoms with Gasteiger partial charge in [-0.1, -0.05) is 13.3 Å². The van der Waals surface area contributed by atoms with Gasteiger partial charge in [0.1, 0.15) is 0 Å². The summed E-state index contributed by atoms with van der Waals surface area (Å²) in [6.45, 7) is 1.91. The molecule has 0 aliphatic heterocycles. The number of unbranched alkanes of at least 4 members (excludes halogenated alkanes) is 1. The van der Waals surface area contributed by atoms with Gasteiger partial charge >= 0.3 is 6.18 Å². The van der Waals surface area contributed by atoms with Crippen molar-refractivity contribution in [3.05, 3.63) is 17.5 Å². The third-order valence-corrected chi connectivity index (χ3v) is 1.78. The molecule has 3 nitrogen and oxygen atoms in total. The van der Waals surface area contributed by atoms with Crippen molar-refractivity contribution in [3.8, 4) is 0 Å². The molecule has 1 aromatic heterocycles. The first-order valence-corrected chi connectivity index (χ1v) is 4.30. The lowest BCUT2D eigenvalue weighted by atomic mass is 10.1. The first-order chi connectivity index (χ1) is 6.55. The summed E-state index contributed by atoms with van der Waals surface area (Å²) in [6, 6.07) is 0. The van der Waals surface area contributed by atoms with Gasteiger partial charge in [0, 0.05) is 5.56 Å². The van der Waals surface area contributed by atoms with Gasteiger partial charge in [0.15, 0.2) is 5.69 Å². The van der Waals surface area contributed by atoms with Gasteiger partial charge < -0.3 is 0 Å². The normalized spacial score (nSPS) is 11.7. The molecule has 0 aliphatic rings. The molecule has 1 heterocycles. The van der Waals surface area contributed by atoms with Crippen molar-refractivity contribution in [1.29, 1.82) is 0 Å². The SMILES string of the molecule is CCCCc1cnnnc1C(F)(F)F.